The summed E-state index contributed by atoms with van der Waals surface area (Å²) in [6.45, 7) is 0.256. The molecule has 0 spiro atoms. The Labute approximate surface area is 153 Å². The van der Waals surface area contributed by atoms with Gasteiger partial charge in [-0.15, -0.1) is 0 Å². The number of nitrogens with one attached hydrogen (secondary N) is 2. The van der Waals surface area contributed by atoms with Gasteiger partial charge in [0.1, 0.15) is 17.3 Å². The number of pyridine rings is 1. The summed E-state index contributed by atoms with van der Waals surface area (Å²) < 4.78 is 26.1. The van der Waals surface area contributed by atoms with Gasteiger partial charge in [0.15, 0.2) is 0 Å². The molecule has 2 N–H and O–H groups in total. The van der Waals surface area contributed by atoms with Crippen molar-refractivity contribution in [1.82, 2.24) is 10.3 Å². The molecule has 3 rings (SSSR count). The van der Waals surface area contributed by atoms with Crippen molar-refractivity contribution in [2.75, 3.05) is 5.32 Å². The highest BCUT2D eigenvalue weighted by Crippen LogP contribution is 2.22. The van der Waals surface area contributed by atoms with Gasteiger partial charge in [-0.1, -0.05) is 23.7 Å². The molecule has 0 aliphatic heterocycles. The van der Waals surface area contributed by atoms with Gasteiger partial charge >= 0.3 is 0 Å². The number of hydrogen-bond donors (Lipinski definition) is 2. The fraction of sp³-hybridized carbons (Fsp3) is 0.0526. The molecule has 0 fully saturated rings. The number of hydrogen-bond acceptors (Lipinski definition) is 3. The second-order valence-electron chi connectivity index (χ2n) is 5.49. The Hall–Kier alpha value is -2.99. The van der Waals surface area contributed by atoms with Crippen molar-refractivity contribution in [3.63, 3.8) is 0 Å². The number of rotatable bonds is 5. The second-order valence-corrected chi connectivity index (χ2v) is 5.90. The lowest BCUT2D eigenvalue weighted by Crippen LogP contribution is -2.23. The summed E-state index contributed by atoms with van der Waals surface area (Å²) in [6.07, 6.45) is 1.49. The molecule has 0 bridgehead atoms. The predicted molar refractivity (Wildman–Crippen MR) is 96.5 cm³/mol. The minimum atomic E-state index is -0.507. The highest BCUT2D eigenvalue weighted by atomic mass is 35.5. The SMILES string of the molecule is O=C(NCc1ccc(F)cc1)c1cc(Nc2ccc(F)c(Cl)c2)ccn1. The molecular formula is C19H14ClF2N3O. The number of carbonyl (C=O) groups is 1. The molecule has 1 aromatic heterocycles. The summed E-state index contributed by atoms with van der Waals surface area (Å²) in [6, 6.07) is 13.3. The van der Waals surface area contributed by atoms with E-state index < -0.39 is 5.82 Å². The minimum Gasteiger partial charge on any atom is -0.355 e. The lowest BCUT2D eigenvalue weighted by atomic mass is 10.2. The van der Waals surface area contributed by atoms with Gasteiger partial charge in [-0.05, 0) is 48.0 Å². The molecule has 1 heterocycles. The Kier molecular flexibility index (Phi) is 5.43. The molecule has 4 nitrogen and oxygen atoms in total. The number of anilines is 2. The molecule has 3 aromatic rings. The first-order chi connectivity index (χ1) is 12.5. The largest absolute Gasteiger partial charge is 0.355 e. The average molecular weight is 374 g/mol. The van der Waals surface area contributed by atoms with Crippen LogP contribution in [0.25, 0.3) is 0 Å². The summed E-state index contributed by atoms with van der Waals surface area (Å²) in [7, 11) is 0. The number of aromatic nitrogens is 1. The van der Waals surface area contributed by atoms with Crippen LogP contribution in [0.2, 0.25) is 5.02 Å². The average Bonchev–Trinajstić information content (AvgIpc) is 2.64. The zero-order valence-corrected chi connectivity index (χ0v) is 14.2. The summed E-state index contributed by atoms with van der Waals surface area (Å²) in [5.74, 6) is -1.20. The zero-order chi connectivity index (χ0) is 18.5. The number of halogens is 3. The molecule has 0 atom stereocenters. The minimum absolute atomic E-state index is 0.00122. The smallest absolute Gasteiger partial charge is 0.270 e. The van der Waals surface area contributed by atoms with Crippen molar-refractivity contribution in [3.05, 3.63) is 88.7 Å². The van der Waals surface area contributed by atoms with E-state index in [1.807, 2.05) is 0 Å². The van der Waals surface area contributed by atoms with Crippen molar-refractivity contribution in [2.45, 2.75) is 6.54 Å². The van der Waals surface area contributed by atoms with E-state index in [2.05, 4.69) is 15.6 Å². The van der Waals surface area contributed by atoms with Gasteiger partial charge in [-0.25, -0.2) is 8.78 Å². The zero-order valence-electron chi connectivity index (χ0n) is 13.5. The molecule has 0 aliphatic rings. The highest BCUT2D eigenvalue weighted by Gasteiger charge is 2.09. The first-order valence-electron chi connectivity index (χ1n) is 7.72. The van der Waals surface area contributed by atoms with Crippen molar-refractivity contribution < 1.29 is 13.6 Å². The van der Waals surface area contributed by atoms with E-state index in [4.69, 9.17) is 11.6 Å². The van der Waals surface area contributed by atoms with Crippen LogP contribution in [0, 0.1) is 11.6 Å². The quantitative estimate of drug-likeness (QED) is 0.682. The van der Waals surface area contributed by atoms with Gasteiger partial charge in [-0.2, -0.15) is 0 Å². The number of benzene rings is 2. The van der Waals surface area contributed by atoms with Crippen molar-refractivity contribution in [2.24, 2.45) is 0 Å². The van der Waals surface area contributed by atoms with Gasteiger partial charge in [-0.3, -0.25) is 9.78 Å². The first-order valence-corrected chi connectivity index (χ1v) is 8.10. The topological polar surface area (TPSA) is 54.0 Å². The molecule has 7 heteroatoms. The summed E-state index contributed by atoms with van der Waals surface area (Å²) in [5, 5.41) is 5.76. The molecule has 2 aromatic carbocycles. The van der Waals surface area contributed by atoms with Crippen LogP contribution in [0.15, 0.2) is 60.8 Å². The number of amides is 1. The third kappa shape index (κ3) is 4.55. The predicted octanol–water partition coefficient (Wildman–Crippen LogP) is 4.69. The monoisotopic (exact) mass is 373 g/mol. The Morgan fingerprint density at radius 3 is 2.46 bits per heavy atom. The van der Waals surface area contributed by atoms with Gasteiger partial charge in [0.2, 0.25) is 0 Å². The third-order valence-corrected chi connectivity index (χ3v) is 3.86. The lowest BCUT2D eigenvalue weighted by Gasteiger charge is -2.09. The number of nitrogens with zero attached hydrogens (tertiary/aromatic N) is 1. The van der Waals surface area contributed by atoms with Crippen LogP contribution in [0.3, 0.4) is 0 Å². The van der Waals surface area contributed by atoms with Crippen molar-refractivity contribution in [3.8, 4) is 0 Å². The van der Waals surface area contributed by atoms with Crippen molar-refractivity contribution >= 4 is 28.9 Å². The van der Waals surface area contributed by atoms with Crippen LogP contribution < -0.4 is 10.6 Å². The molecule has 0 saturated heterocycles. The Bertz CT molecular complexity index is 932. The molecule has 26 heavy (non-hydrogen) atoms. The normalized spacial score (nSPS) is 10.4. The maximum Gasteiger partial charge on any atom is 0.270 e. The molecule has 0 unspecified atom stereocenters. The third-order valence-electron chi connectivity index (χ3n) is 3.57. The van der Waals surface area contributed by atoms with E-state index in [0.717, 1.165) is 5.56 Å². The Balaban J connectivity index is 1.66. The van der Waals surface area contributed by atoms with E-state index in [-0.39, 0.29) is 29.0 Å². The fourth-order valence-corrected chi connectivity index (χ4v) is 2.43. The molecule has 0 saturated carbocycles. The summed E-state index contributed by atoms with van der Waals surface area (Å²) in [4.78, 5) is 16.3. The molecule has 1 amide bonds. The highest BCUT2D eigenvalue weighted by molar-refractivity contribution is 6.31. The maximum absolute atomic E-state index is 13.2. The molecule has 0 aliphatic carbocycles. The van der Waals surface area contributed by atoms with E-state index in [0.29, 0.717) is 11.4 Å². The van der Waals surface area contributed by atoms with E-state index in [9.17, 15) is 13.6 Å². The fourth-order valence-electron chi connectivity index (χ4n) is 2.25. The van der Waals surface area contributed by atoms with Gasteiger partial charge in [0.25, 0.3) is 5.91 Å². The molecular weight excluding hydrogens is 360 g/mol. The van der Waals surface area contributed by atoms with E-state index in [1.165, 1.54) is 36.5 Å². The molecule has 0 radical (unpaired) electrons. The van der Waals surface area contributed by atoms with Crippen LogP contribution in [0.5, 0.6) is 0 Å². The summed E-state index contributed by atoms with van der Waals surface area (Å²) >= 11 is 5.76. The lowest BCUT2D eigenvalue weighted by molar-refractivity contribution is 0.0946. The maximum atomic E-state index is 13.2. The van der Waals surface area contributed by atoms with Gasteiger partial charge < -0.3 is 10.6 Å². The van der Waals surface area contributed by atoms with Crippen molar-refractivity contribution in [1.29, 1.82) is 0 Å². The van der Waals surface area contributed by atoms with Crippen LogP contribution >= 0.6 is 11.6 Å². The molecule has 132 valence electrons. The van der Waals surface area contributed by atoms with Gasteiger partial charge in [0, 0.05) is 24.1 Å². The van der Waals surface area contributed by atoms with Gasteiger partial charge in [0.05, 0.1) is 5.02 Å². The van der Waals surface area contributed by atoms with E-state index >= 15 is 0 Å². The first kappa shape index (κ1) is 17.8. The second kappa shape index (κ2) is 7.93. The van der Waals surface area contributed by atoms with Crippen LogP contribution in [-0.4, -0.2) is 10.9 Å². The van der Waals surface area contributed by atoms with Crippen LogP contribution in [-0.2, 0) is 6.54 Å². The standard InChI is InChI=1S/C19H14ClF2N3O/c20-16-9-14(5-6-17(16)22)25-15-7-8-23-18(10-15)19(26)24-11-12-1-3-13(21)4-2-12/h1-10H,11H2,(H,23,25)(H,24,26). The van der Waals surface area contributed by atoms with Crippen LogP contribution in [0.1, 0.15) is 16.1 Å². The number of carbonyl (C=O) groups excluding carboxylic acids is 1. The Morgan fingerprint density at radius 1 is 1.00 bits per heavy atom. The Morgan fingerprint density at radius 2 is 1.73 bits per heavy atom. The summed E-state index contributed by atoms with van der Waals surface area (Å²) in [5.41, 5.74) is 2.18. The van der Waals surface area contributed by atoms with E-state index in [1.54, 1.807) is 24.3 Å². The van der Waals surface area contributed by atoms with Crippen LogP contribution in [0.4, 0.5) is 20.2 Å².